The van der Waals surface area contributed by atoms with Crippen LogP contribution in [0.2, 0.25) is 0 Å². The van der Waals surface area contributed by atoms with E-state index in [1.807, 2.05) is 0 Å². The Kier molecular flexibility index (Phi) is 3.00. The van der Waals surface area contributed by atoms with E-state index in [-0.39, 0.29) is 10.6 Å². The molecule has 0 fully saturated rings. The van der Waals surface area contributed by atoms with Crippen molar-refractivity contribution in [1.29, 1.82) is 0 Å². The first-order chi connectivity index (χ1) is 7.66. The number of aromatic nitrogens is 2. The Morgan fingerprint density at radius 2 is 2.19 bits per heavy atom. The zero-order valence-electron chi connectivity index (χ0n) is 8.21. The summed E-state index contributed by atoms with van der Waals surface area (Å²) < 4.78 is 2.50. The highest BCUT2D eigenvalue weighted by molar-refractivity contribution is 9.10. The van der Waals surface area contributed by atoms with E-state index in [2.05, 4.69) is 21.0 Å². The molecule has 1 aromatic heterocycles. The summed E-state index contributed by atoms with van der Waals surface area (Å²) in [7, 11) is 0. The Morgan fingerprint density at radius 3 is 2.81 bits per heavy atom. The molecule has 16 heavy (non-hydrogen) atoms. The molecule has 0 radical (unpaired) electrons. The van der Waals surface area contributed by atoms with Gasteiger partial charge in [-0.1, -0.05) is 18.2 Å². The SMILES string of the molecule is O=[N+]([O-])c1ccccc1Cn1cc(Br)cn1. The fourth-order valence-corrected chi connectivity index (χ4v) is 1.75. The van der Waals surface area contributed by atoms with Crippen molar-refractivity contribution >= 4 is 21.6 Å². The Labute approximate surface area is 100.0 Å². The Bertz CT molecular complexity index is 524. The van der Waals surface area contributed by atoms with Gasteiger partial charge in [0.25, 0.3) is 5.69 Å². The number of benzene rings is 1. The lowest BCUT2D eigenvalue weighted by Gasteiger charge is -2.02. The van der Waals surface area contributed by atoms with Crippen LogP contribution in [0.15, 0.2) is 41.1 Å². The molecule has 0 aliphatic carbocycles. The number of hydrogen-bond donors (Lipinski definition) is 0. The van der Waals surface area contributed by atoms with Crippen LogP contribution in [0.3, 0.4) is 0 Å². The van der Waals surface area contributed by atoms with E-state index < -0.39 is 0 Å². The third kappa shape index (κ3) is 2.27. The normalized spacial score (nSPS) is 10.3. The highest BCUT2D eigenvalue weighted by atomic mass is 79.9. The van der Waals surface area contributed by atoms with Gasteiger partial charge in [-0.2, -0.15) is 5.10 Å². The van der Waals surface area contributed by atoms with E-state index in [1.54, 1.807) is 35.3 Å². The molecular weight excluding hydrogens is 274 g/mol. The molecule has 5 nitrogen and oxygen atoms in total. The highest BCUT2D eigenvalue weighted by Gasteiger charge is 2.12. The maximum atomic E-state index is 10.8. The number of nitro benzene ring substituents is 1. The van der Waals surface area contributed by atoms with Crippen molar-refractivity contribution in [3.8, 4) is 0 Å². The van der Waals surface area contributed by atoms with Crippen molar-refractivity contribution in [3.63, 3.8) is 0 Å². The summed E-state index contributed by atoms with van der Waals surface area (Å²) >= 11 is 3.28. The lowest BCUT2D eigenvalue weighted by Crippen LogP contribution is -2.03. The lowest BCUT2D eigenvalue weighted by atomic mass is 10.2. The second kappa shape index (κ2) is 4.44. The van der Waals surface area contributed by atoms with Crippen molar-refractivity contribution in [2.75, 3.05) is 0 Å². The van der Waals surface area contributed by atoms with Gasteiger partial charge < -0.3 is 0 Å². The molecule has 0 bridgehead atoms. The van der Waals surface area contributed by atoms with Crippen LogP contribution in [0.25, 0.3) is 0 Å². The van der Waals surface area contributed by atoms with Crippen molar-refractivity contribution < 1.29 is 4.92 Å². The first kappa shape index (κ1) is 10.8. The van der Waals surface area contributed by atoms with E-state index in [0.29, 0.717) is 12.1 Å². The average molecular weight is 282 g/mol. The molecule has 0 amide bonds. The summed E-state index contributed by atoms with van der Waals surface area (Å²) in [6.07, 6.45) is 3.42. The Hall–Kier alpha value is -1.69. The van der Waals surface area contributed by atoms with Gasteiger partial charge in [0.1, 0.15) is 0 Å². The summed E-state index contributed by atoms with van der Waals surface area (Å²) in [6.45, 7) is 0.392. The molecule has 0 unspecified atom stereocenters. The van der Waals surface area contributed by atoms with Crippen LogP contribution in [-0.4, -0.2) is 14.7 Å². The standard InChI is InChI=1S/C10H8BrN3O2/c11-9-5-12-13(7-9)6-8-3-1-2-4-10(8)14(15)16/h1-5,7H,6H2. The number of rotatable bonds is 3. The molecule has 2 aromatic rings. The summed E-state index contributed by atoms with van der Waals surface area (Å²) in [5.41, 5.74) is 0.761. The number of halogens is 1. The maximum Gasteiger partial charge on any atom is 0.274 e. The third-order valence-electron chi connectivity index (χ3n) is 2.12. The molecule has 0 N–H and O–H groups in total. The second-order valence-corrected chi connectivity index (χ2v) is 4.16. The monoisotopic (exact) mass is 281 g/mol. The van der Waals surface area contributed by atoms with Gasteiger partial charge in [0.05, 0.1) is 27.7 Å². The van der Waals surface area contributed by atoms with Crippen molar-refractivity contribution in [2.24, 2.45) is 0 Å². The van der Waals surface area contributed by atoms with Crippen LogP contribution in [0.4, 0.5) is 5.69 Å². The first-order valence-electron chi connectivity index (χ1n) is 4.57. The molecule has 2 rings (SSSR count). The Morgan fingerprint density at radius 1 is 1.44 bits per heavy atom. The first-order valence-corrected chi connectivity index (χ1v) is 5.36. The van der Waals surface area contributed by atoms with E-state index in [0.717, 1.165) is 4.47 Å². The minimum Gasteiger partial charge on any atom is -0.267 e. The number of nitro groups is 1. The van der Waals surface area contributed by atoms with Gasteiger partial charge in [0.15, 0.2) is 0 Å². The highest BCUT2D eigenvalue weighted by Crippen LogP contribution is 2.19. The van der Waals surface area contributed by atoms with Crippen LogP contribution in [0.5, 0.6) is 0 Å². The minimum absolute atomic E-state index is 0.120. The van der Waals surface area contributed by atoms with Crippen LogP contribution in [0, 0.1) is 10.1 Å². The molecule has 0 aliphatic rings. The average Bonchev–Trinajstić information content (AvgIpc) is 2.64. The summed E-state index contributed by atoms with van der Waals surface area (Å²) in [5, 5.41) is 14.8. The molecule has 0 saturated carbocycles. The number of para-hydroxylation sites is 1. The van der Waals surface area contributed by atoms with Crippen molar-refractivity contribution in [3.05, 3.63) is 56.8 Å². The van der Waals surface area contributed by atoms with Crippen LogP contribution in [0.1, 0.15) is 5.56 Å². The topological polar surface area (TPSA) is 61.0 Å². The Balaban J connectivity index is 2.31. The van der Waals surface area contributed by atoms with Crippen LogP contribution >= 0.6 is 15.9 Å². The molecular formula is C10H8BrN3O2. The fraction of sp³-hybridized carbons (Fsp3) is 0.100. The number of nitrogens with zero attached hydrogens (tertiary/aromatic N) is 3. The number of hydrogen-bond acceptors (Lipinski definition) is 3. The molecule has 1 aromatic carbocycles. The molecule has 6 heteroatoms. The van der Waals surface area contributed by atoms with Gasteiger partial charge in [0.2, 0.25) is 0 Å². The minimum atomic E-state index is -0.381. The third-order valence-corrected chi connectivity index (χ3v) is 2.53. The van der Waals surface area contributed by atoms with E-state index in [1.165, 1.54) is 6.07 Å². The zero-order chi connectivity index (χ0) is 11.5. The summed E-state index contributed by atoms with van der Waals surface area (Å²) in [4.78, 5) is 10.4. The zero-order valence-corrected chi connectivity index (χ0v) is 9.79. The molecule has 1 heterocycles. The molecule has 0 spiro atoms. The molecule has 0 aliphatic heterocycles. The van der Waals surface area contributed by atoms with Gasteiger partial charge in [-0.05, 0) is 15.9 Å². The van der Waals surface area contributed by atoms with Crippen LogP contribution < -0.4 is 0 Å². The van der Waals surface area contributed by atoms with Gasteiger partial charge in [-0.3, -0.25) is 14.8 Å². The fourth-order valence-electron chi connectivity index (χ4n) is 1.42. The van der Waals surface area contributed by atoms with E-state index in [9.17, 15) is 10.1 Å². The van der Waals surface area contributed by atoms with Gasteiger partial charge >= 0.3 is 0 Å². The van der Waals surface area contributed by atoms with Gasteiger partial charge in [0, 0.05) is 12.3 Å². The van der Waals surface area contributed by atoms with Crippen LogP contribution in [-0.2, 0) is 6.54 Å². The summed E-state index contributed by atoms with van der Waals surface area (Å²) in [5.74, 6) is 0. The molecule has 0 saturated heterocycles. The maximum absolute atomic E-state index is 10.8. The smallest absolute Gasteiger partial charge is 0.267 e. The summed E-state index contributed by atoms with van der Waals surface area (Å²) in [6, 6.07) is 6.66. The predicted octanol–water partition coefficient (Wildman–Crippen LogP) is 2.60. The molecule has 82 valence electrons. The van der Waals surface area contributed by atoms with Gasteiger partial charge in [-0.25, -0.2) is 0 Å². The quantitative estimate of drug-likeness (QED) is 0.642. The van der Waals surface area contributed by atoms with Crippen molar-refractivity contribution in [2.45, 2.75) is 6.54 Å². The largest absolute Gasteiger partial charge is 0.274 e. The van der Waals surface area contributed by atoms with Crippen molar-refractivity contribution in [1.82, 2.24) is 9.78 Å². The van der Waals surface area contributed by atoms with E-state index >= 15 is 0 Å². The lowest BCUT2D eigenvalue weighted by molar-refractivity contribution is -0.385. The second-order valence-electron chi connectivity index (χ2n) is 3.24. The van der Waals surface area contributed by atoms with E-state index in [4.69, 9.17) is 0 Å². The molecule has 0 atom stereocenters. The van der Waals surface area contributed by atoms with Gasteiger partial charge in [-0.15, -0.1) is 0 Å². The predicted molar refractivity (Wildman–Crippen MR) is 62.1 cm³/mol.